The fraction of sp³-hybridized carbons (Fsp3) is 0.348. The summed E-state index contributed by atoms with van der Waals surface area (Å²) in [5.74, 6) is -0.620. The lowest BCUT2D eigenvalue weighted by molar-refractivity contribution is -0.149. The number of amides is 3. The first-order valence-electron chi connectivity index (χ1n) is 10.4. The second-order valence-electron chi connectivity index (χ2n) is 7.61. The highest BCUT2D eigenvalue weighted by atomic mass is 32.2. The number of rotatable bonds is 3. The summed E-state index contributed by atoms with van der Waals surface area (Å²) in [6.07, 6.45) is 1.49. The molecule has 2 aromatic carbocycles. The molecule has 2 aliphatic heterocycles. The molecule has 2 heterocycles. The van der Waals surface area contributed by atoms with Gasteiger partial charge in [0.1, 0.15) is 0 Å². The molecular weight excluding hydrogens is 414 g/mol. The number of esters is 1. The van der Waals surface area contributed by atoms with Gasteiger partial charge in [-0.2, -0.15) is 0 Å². The van der Waals surface area contributed by atoms with E-state index in [-0.39, 0.29) is 23.8 Å². The molecule has 0 radical (unpaired) electrons. The van der Waals surface area contributed by atoms with E-state index in [1.807, 2.05) is 42.5 Å². The number of likely N-dealkylation sites (tertiary alicyclic amines) is 1. The Morgan fingerprint density at radius 1 is 1.19 bits per heavy atom. The normalized spacial score (nSPS) is 18.0. The van der Waals surface area contributed by atoms with E-state index in [0.29, 0.717) is 30.9 Å². The van der Waals surface area contributed by atoms with Crippen LogP contribution in [0.2, 0.25) is 0 Å². The molecule has 1 atom stereocenters. The number of nitrogens with zero attached hydrogens (tertiary/aromatic N) is 2. The second kappa shape index (κ2) is 9.01. The van der Waals surface area contributed by atoms with Crippen LogP contribution in [-0.4, -0.2) is 49.6 Å². The van der Waals surface area contributed by atoms with Gasteiger partial charge in [0.15, 0.2) is 0 Å². The number of hydrogen-bond donors (Lipinski definition) is 1. The first-order chi connectivity index (χ1) is 15.0. The smallest absolute Gasteiger partial charge is 0.321 e. The van der Waals surface area contributed by atoms with Crippen LogP contribution < -0.4 is 10.2 Å². The Hall–Kier alpha value is -3.00. The molecular formula is C23H25N3O4S. The predicted molar refractivity (Wildman–Crippen MR) is 120 cm³/mol. The van der Waals surface area contributed by atoms with E-state index in [1.54, 1.807) is 23.8 Å². The van der Waals surface area contributed by atoms with Gasteiger partial charge in [0.05, 0.1) is 23.8 Å². The van der Waals surface area contributed by atoms with Crippen LogP contribution in [0.3, 0.4) is 0 Å². The molecule has 2 aromatic rings. The molecule has 0 spiro atoms. The SMILES string of the molecule is CCOC(=O)C1CCCN(C(=O)Nc2ccc3c(c2)N(C)C(=O)c2ccccc2S3)C1. The molecule has 3 amide bonds. The van der Waals surface area contributed by atoms with E-state index in [2.05, 4.69) is 5.32 Å². The Labute approximate surface area is 185 Å². The van der Waals surface area contributed by atoms with E-state index in [1.165, 1.54) is 11.8 Å². The predicted octanol–water partition coefficient (Wildman–Crippen LogP) is 4.23. The van der Waals surface area contributed by atoms with Crippen molar-refractivity contribution in [1.29, 1.82) is 0 Å². The van der Waals surface area contributed by atoms with Crippen LogP contribution in [-0.2, 0) is 9.53 Å². The third kappa shape index (κ3) is 4.39. The maximum atomic E-state index is 12.9. The highest BCUT2D eigenvalue weighted by Gasteiger charge is 2.30. The largest absolute Gasteiger partial charge is 0.466 e. The van der Waals surface area contributed by atoms with E-state index in [4.69, 9.17) is 4.74 Å². The Bertz CT molecular complexity index is 1030. The zero-order chi connectivity index (χ0) is 22.0. The van der Waals surface area contributed by atoms with Crippen molar-refractivity contribution in [2.24, 2.45) is 5.92 Å². The average Bonchev–Trinajstić information content (AvgIpc) is 2.89. The first-order valence-corrected chi connectivity index (χ1v) is 11.2. The van der Waals surface area contributed by atoms with E-state index >= 15 is 0 Å². The van der Waals surface area contributed by atoms with Gasteiger partial charge in [-0.3, -0.25) is 9.59 Å². The number of carbonyl (C=O) groups is 3. The molecule has 1 unspecified atom stereocenters. The third-order valence-corrected chi connectivity index (χ3v) is 6.68. The van der Waals surface area contributed by atoms with Crippen LogP contribution in [0.15, 0.2) is 52.3 Å². The minimum atomic E-state index is -0.287. The van der Waals surface area contributed by atoms with E-state index in [9.17, 15) is 14.4 Å². The van der Waals surface area contributed by atoms with Crippen molar-refractivity contribution in [3.05, 3.63) is 48.0 Å². The maximum Gasteiger partial charge on any atom is 0.321 e. The third-order valence-electron chi connectivity index (χ3n) is 5.54. The number of carbonyl (C=O) groups excluding carboxylic acids is 3. The highest BCUT2D eigenvalue weighted by molar-refractivity contribution is 7.99. The quantitative estimate of drug-likeness (QED) is 0.724. The molecule has 0 saturated carbocycles. The Balaban J connectivity index is 1.50. The van der Waals surface area contributed by atoms with Gasteiger partial charge in [0, 0.05) is 35.6 Å². The zero-order valence-electron chi connectivity index (χ0n) is 17.6. The van der Waals surface area contributed by atoms with Gasteiger partial charge in [-0.25, -0.2) is 4.79 Å². The van der Waals surface area contributed by atoms with E-state index < -0.39 is 0 Å². The minimum absolute atomic E-state index is 0.0846. The van der Waals surface area contributed by atoms with Gasteiger partial charge in [-0.05, 0) is 50.1 Å². The number of fused-ring (bicyclic) bond motifs is 2. The summed E-state index contributed by atoms with van der Waals surface area (Å²) in [5.41, 5.74) is 2.01. The van der Waals surface area contributed by atoms with Crippen LogP contribution in [0, 0.1) is 5.92 Å². The lowest BCUT2D eigenvalue weighted by atomic mass is 9.98. The number of piperidine rings is 1. The summed E-state index contributed by atoms with van der Waals surface area (Å²) >= 11 is 1.54. The number of benzene rings is 2. The summed E-state index contributed by atoms with van der Waals surface area (Å²) in [7, 11) is 1.74. The summed E-state index contributed by atoms with van der Waals surface area (Å²) in [5, 5.41) is 2.92. The topological polar surface area (TPSA) is 79.0 Å². The Morgan fingerprint density at radius 3 is 2.81 bits per heavy atom. The number of urea groups is 1. The van der Waals surface area contributed by atoms with Gasteiger partial charge in [-0.1, -0.05) is 23.9 Å². The molecule has 162 valence electrons. The molecule has 4 rings (SSSR count). The summed E-state index contributed by atoms with van der Waals surface area (Å²) in [6, 6.07) is 12.8. The lowest BCUT2D eigenvalue weighted by Gasteiger charge is -2.31. The first kappa shape index (κ1) is 21.2. The number of nitrogens with one attached hydrogen (secondary N) is 1. The lowest BCUT2D eigenvalue weighted by Crippen LogP contribution is -2.44. The Kier molecular flexibility index (Phi) is 6.18. The van der Waals surface area contributed by atoms with Crippen LogP contribution in [0.1, 0.15) is 30.1 Å². The van der Waals surface area contributed by atoms with Crippen molar-refractivity contribution in [3.8, 4) is 0 Å². The molecule has 1 saturated heterocycles. The van der Waals surface area contributed by atoms with Crippen molar-refractivity contribution in [2.75, 3.05) is 37.0 Å². The number of hydrogen-bond acceptors (Lipinski definition) is 5. The fourth-order valence-electron chi connectivity index (χ4n) is 3.90. The molecule has 8 heteroatoms. The van der Waals surface area contributed by atoms with E-state index in [0.717, 1.165) is 28.3 Å². The van der Waals surface area contributed by atoms with Gasteiger partial charge in [0.2, 0.25) is 0 Å². The molecule has 7 nitrogen and oxygen atoms in total. The summed E-state index contributed by atoms with van der Waals surface area (Å²) in [6.45, 7) is 3.06. The minimum Gasteiger partial charge on any atom is -0.466 e. The monoisotopic (exact) mass is 439 g/mol. The van der Waals surface area contributed by atoms with Crippen LogP contribution in [0.4, 0.5) is 16.2 Å². The van der Waals surface area contributed by atoms with Crippen LogP contribution >= 0.6 is 11.8 Å². The van der Waals surface area contributed by atoms with Crippen molar-refractivity contribution < 1.29 is 19.1 Å². The standard InChI is InChI=1S/C23H25N3O4S/c1-3-30-22(28)15-7-6-12-26(14-15)23(29)24-16-10-11-20-18(13-16)25(2)21(27)17-8-4-5-9-19(17)31-20/h4-5,8-11,13,15H,3,6-7,12,14H2,1-2H3,(H,24,29). The van der Waals surface area contributed by atoms with Gasteiger partial charge < -0.3 is 19.9 Å². The molecule has 0 bridgehead atoms. The van der Waals surface area contributed by atoms with Crippen molar-refractivity contribution >= 4 is 41.0 Å². The number of anilines is 2. The fourth-order valence-corrected chi connectivity index (χ4v) is 4.99. The molecule has 1 N–H and O–H groups in total. The van der Waals surface area contributed by atoms with Crippen molar-refractivity contribution in [1.82, 2.24) is 4.90 Å². The van der Waals surface area contributed by atoms with Gasteiger partial charge in [0.25, 0.3) is 5.91 Å². The average molecular weight is 440 g/mol. The molecule has 0 aromatic heterocycles. The Morgan fingerprint density at radius 2 is 2.00 bits per heavy atom. The molecule has 1 fully saturated rings. The van der Waals surface area contributed by atoms with Crippen LogP contribution in [0.25, 0.3) is 0 Å². The maximum absolute atomic E-state index is 12.9. The van der Waals surface area contributed by atoms with Gasteiger partial charge >= 0.3 is 12.0 Å². The van der Waals surface area contributed by atoms with Crippen molar-refractivity contribution in [3.63, 3.8) is 0 Å². The summed E-state index contributed by atoms with van der Waals surface area (Å²) in [4.78, 5) is 42.9. The highest BCUT2D eigenvalue weighted by Crippen LogP contribution is 2.41. The molecule has 31 heavy (non-hydrogen) atoms. The molecule has 2 aliphatic rings. The summed E-state index contributed by atoms with van der Waals surface area (Å²) < 4.78 is 5.11. The zero-order valence-corrected chi connectivity index (χ0v) is 18.4. The van der Waals surface area contributed by atoms with Crippen molar-refractivity contribution in [2.45, 2.75) is 29.6 Å². The molecule has 0 aliphatic carbocycles. The van der Waals surface area contributed by atoms with Crippen LogP contribution in [0.5, 0.6) is 0 Å². The second-order valence-corrected chi connectivity index (χ2v) is 8.70. The number of ether oxygens (including phenoxy) is 1. The van der Waals surface area contributed by atoms with Gasteiger partial charge in [-0.15, -0.1) is 0 Å².